The zero-order chi connectivity index (χ0) is 27.8. The largest absolute Gasteiger partial charge is 0.507 e. The maximum atomic E-state index is 13.3. The normalized spacial score (nSPS) is 10.5. The Kier molecular flexibility index (Phi) is 8.84. The van der Waals surface area contributed by atoms with Crippen molar-refractivity contribution in [1.82, 2.24) is 4.90 Å². The Labute approximate surface area is 228 Å². The van der Waals surface area contributed by atoms with Gasteiger partial charge in [0.25, 0.3) is 5.91 Å². The number of phenolic OH excluding ortho intramolecular Hbond substituents is 1. The van der Waals surface area contributed by atoms with Crippen molar-refractivity contribution in [3.8, 4) is 17.2 Å². The van der Waals surface area contributed by atoms with Crippen molar-refractivity contribution in [2.75, 3.05) is 11.9 Å². The van der Waals surface area contributed by atoms with E-state index in [0.717, 1.165) is 22.3 Å². The van der Waals surface area contributed by atoms with Gasteiger partial charge >= 0.3 is 6.09 Å². The number of carbonyl (C=O) groups excluding carboxylic acids is 2. The fourth-order valence-electron chi connectivity index (χ4n) is 4.23. The highest BCUT2D eigenvalue weighted by molar-refractivity contribution is 5.97. The van der Waals surface area contributed by atoms with Crippen LogP contribution in [0, 0.1) is 13.8 Å². The van der Waals surface area contributed by atoms with Crippen molar-refractivity contribution in [3.63, 3.8) is 0 Å². The van der Waals surface area contributed by atoms with Crippen molar-refractivity contribution >= 4 is 17.7 Å². The van der Waals surface area contributed by atoms with Crippen LogP contribution in [0.15, 0.2) is 91.0 Å². The molecule has 39 heavy (non-hydrogen) atoms. The van der Waals surface area contributed by atoms with Gasteiger partial charge in [-0.2, -0.15) is 0 Å². The van der Waals surface area contributed by atoms with Crippen LogP contribution < -0.4 is 10.1 Å². The molecule has 4 rings (SSSR count). The number of phenols is 1. The van der Waals surface area contributed by atoms with Crippen LogP contribution in [-0.4, -0.2) is 28.6 Å². The van der Waals surface area contributed by atoms with Crippen LogP contribution in [-0.2, 0) is 17.9 Å². The SMILES string of the molecule is CCN(Cc1ccccc1)C(=O)c1cc(Oc2c(C)cc(NC(=O)OCc3ccccc3)cc2C)ccc1O. The predicted octanol–water partition coefficient (Wildman–Crippen LogP) is 7.21. The number of benzene rings is 4. The molecule has 0 unspecified atom stereocenters. The molecule has 0 aliphatic heterocycles. The van der Waals surface area contributed by atoms with Crippen LogP contribution in [0.25, 0.3) is 0 Å². The van der Waals surface area contributed by atoms with Gasteiger partial charge in [-0.1, -0.05) is 60.7 Å². The molecule has 7 heteroatoms. The first kappa shape index (κ1) is 27.3. The molecule has 0 aliphatic rings. The molecule has 4 aromatic rings. The van der Waals surface area contributed by atoms with Gasteiger partial charge in [0.1, 0.15) is 23.9 Å². The molecule has 0 atom stereocenters. The van der Waals surface area contributed by atoms with E-state index in [1.807, 2.05) is 81.4 Å². The highest BCUT2D eigenvalue weighted by atomic mass is 16.5. The maximum Gasteiger partial charge on any atom is 0.411 e. The smallest absolute Gasteiger partial charge is 0.411 e. The molecule has 0 aromatic heterocycles. The fraction of sp³-hybridized carbons (Fsp3) is 0.188. The minimum atomic E-state index is -0.552. The lowest BCUT2D eigenvalue weighted by atomic mass is 10.1. The van der Waals surface area contributed by atoms with Crippen molar-refractivity contribution < 1.29 is 24.2 Å². The second-order valence-electron chi connectivity index (χ2n) is 9.21. The summed E-state index contributed by atoms with van der Waals surface area (Å²) in [6.07, 6.45) is -0.552. The number of aryl methyl sites for hydroxylation is 2. The molecular weight excluding hydrogens is 492 g/mol. The Hall–Kier alpha value is -4.78. The number of ether oxygens (including phenoxy) is 2. The summed E-state index contributed by atoms with van der Waals surface area (Å²) in [6, 6.07) is 27.4. The quantitative estimate of drug-likeness (QED) is 0.241. The van der Waals surface area contributed by atoms with Crippen LogP contribution in [0.1, 0.15) is 39.5 Å². The summed E-state index contributed by atoms with van der Waals surface area (Å²) >= 11 is 0. The van der Waals surface area contributed by atoms with E-state index < -0.39 is 6.09 Å². The monoisotopic (exact) mass is 524 g/mol. The third kappa shape index (κ3) is 7.17. The molecule has 0 heterocycles. The van der Waals surface area contributed by atoms with Crippen molar-refractivity contribution in [2.45, 2.75) is 33.9 Å². The Morgan fingerprint density at radius 2 is 1.46 bits per heavy atom. The second kappa shape index (κ2) is 12.6. The lowest BCUT2D eigenvalue weighted by Crippen LogP contribution is -2.30. The molecule has 0 spiro atoms. The number of nitrogens with one attached hydrogen (secondary N) is 1. The minimum absolute atomic E-state index is 0.110. The van der Waals surface area contributed by atoms with Crippen LogP contribution in [0.2, 0.25) is 0 Å². The van der Waals surface area contributed by atoms with E-state index in [2.05, 4.69) is 5.32 Å². The van der Waals surface area contributed by atoms with Gasteiger partial charge in [-0.15, -0.1) is 0 Å². The molecule has 2 amide bonds. The number of anilines is 1. The third-order valence-corrected chi connectivity index (χ3v) is 6.22. The molecule has 0 bridgehead atoms. The van der Waals surface area contributed by atoms with E-state index >= 15 is 0 Å². The Morgan fingerprint density at radius 1 is 0.846 bits per heavy atom. The van der Waals surface area contributed by atoms with E-state index in [9.17, 15) is 14.7 Å². The number of hydrogen-bond donors (Lipinski definition) is 2. The topological polar surface area (TPSA) is 88.1 Å². The summed E-state index contributed by atoms with van der Waals surface area (Å²) in [5.74, 6) is 0.618. The minimum Gasteiger partial charge on any atom is -0.507 e. The number of amides is 2. The summed E-state index contributed by atoms with van der Waals surface area (Å²) in [6.45, 7) is 6.73. The van der Waals surface area contributed by atoms with Crippen molar-refractivity contribution in [1.29, 1.82) is 0 Å². The Balaban J connectivity index is 1.46. The molecule has 4 aromatic carbocycles. The molecule has 7 nitrogen and oxygen atoms in total. The van der Waals surface area contributed by atoms with E-state index in [4.69, 9.17) is 9.47 Å². The highest BCUT2D eigenvalue weighted by Crippen LogP contribution is 2.34. The summed E-state index contributed by atoms with van der Waals surface area (Å²) < 4.78 is 11.5. The van der Waals surface area contributed by atoms with Crippen LogP contribution >= 0.6 is 0 Å². The van der Waals surface area contributed by atoms with Gasteiger partial charge in [-0.3, -0.25) is 10.1 Å². The molecular formula is C32H32N2O5. The van der Waals surface area contributed by atoms with Crippen molar-refractivity contribution in [2.24, 2.45) is 0 Å². The fourth-order valence-corrected chi connectivity index (χ4v) is 4.23. The molecule has 0 aliphatic carbocycles. The summed E-state index contributed by atoms with van der Waals surface area (Å²) in [5, 5.41) is 13.2. The molecule has 0 saturated heterocycles. The van der Waals surface area contributed by atoms with Crippen LogP contribution in [0.5, 0.6) is 17.2 Å². The lowest BCUT2D eigenvalue weighted by Gasteiger charge is -2.22. The number of hydrogen-bond acceptors (Lipinski definition) is 5. The second-order valence-corrected chi connectivity index (χ2v) is 9.21. The zero-order valence-electron chi connectivity index (χ0n) is 22.3. The zero-order valence-corrected chi connectivity index (χ0v) is 22.3. The van der Waals surface area contributed by atoms with Gasteiger partial charge in [-0.25, -0.2) is 4.79 Å². The summed E-state index contributed by atoms with van der Waals surface area (Å²) in [5.41, 5.74) is 4.22. The maximum absolute atomic E-state index is 13.3. The van der Waals surface area contributed by atoms with Gasteiger partial charge in [0.15, 0.2) is 0 Å². The average molecular weight is 525 g/mol. The van der Waals surface area contributed by atoms with Crippen molar-refractivity contribution in [3.05, 3.63) is 119 Å². The molecule has 0 radical (unpaired) electrons. The van der Waals surface area contributed by atoms with Crippen LogP contribution in [0.4, 0.5) is 10.5 Å². The lowest BCUT2D eigenvalue weighted by molar-refractivity contribution is 0.0749. The number of aromatic hydroxyl groups is 1. The predicted molar refractivity (Wildman–Crippen MR) is 151 cm³/mol. The average Bonchev–Trinajstić information content (AvgIpc) is 2.94. The standard InChI is InChI=1S/C32H32N2O5/c1-4-34(20-24-11-7-5-8-12-24)31(36)28-19-27(15-16-29(28)35)39-30-22(2)17-26(18-23(30)3)33-32(37)38-21-25-13-9-6-10-14-25/h5-19,35H,4,20-21H2,1-3H3,(H,33,37). The Morgan fingerprint density at radius 3 is 2.08 bits per heavy atom. The number of rotatable bonds is 9. The van der Waals surface area contributed by atoms with Gasteiger partial charge < -0.3 is 19.5 Å². The molecule has 0 saturated carbocycles. The van der Waals surface area contributed by atoms with E-state index in [0.29, 0.717) is 30.3 Å². The van der Waals surface area contributed by atoms with E-state index in [1.165, 1.54) is 6.07 Å². The van der Waals surface area contributed by atoms with E-state index in [1.54, 1.807) is 29.2 Å². The van der Waals surface area contributed by atoms with Gasteiger partial charge in [0.05, 0.1) is 5.56 Å². The van der Waals surface area contributed by atoms with Gasteiger partial charge in [-0.05, 0) is 73.4 Å². The Bertz CT molecular complexity index is 1410. The first-order valence-corrected chi connectivity index (χ1v) is 12.8. The summed E-state index contributed by atoms with van der Waals surface area (Å²) in [4.78, 5) is 27.2. The van der Waals surface area contributed by atoms with Gasteiger partial charge in [0, 0.05) is 18.8 Å². The molecule has 200 valence electrons. The van der Waals surface area contributed by atoms with Crippen LogP contribution in [0.3, 0.4) is 0 Å². The molecule has 0 fully saturated rings. The number of carbonyl (C=O) groups is 2. The highest BCUT2D eigenvalue weighted by Gasteiger charge is 2.20. The first-order valence-electron chi connectivity index (χ1n) is 12.8. The molecule has 2 N–H and O–H groups in total. The van der Waals surface area contributed by atoms with Gasteiger partial charge in [0.2, 0.25) is 0 Å². The summed E-state index contributed by atoms with van der Waals surface area (Å²) in [7, 11) is 0. The number of nitrogens with zero attached hydrogens (tertiary/aromatic N) is 1. The third-order valence-electron chi connectivity index (χ3n) is 6.22. The van der Waals surface area contributed by atoms with E-state index in [-0.39, 0.29) is 23.8 Å². The first-order chi connectivity index (χ1) is 18.8.